The van der Waals surface area contributed by atoms with Crippen LogP contribution in [0.25, 0.3) is 10.8 Å². The van der Waals surface area contributed by atoms with E-state index in [2.05, 4.69) is 0 Å². The number of benzene rings is 2. The Morgan fingerprint density at radius 1 is 1.05 bits per heavy atom. The van der Waals surface area contributed by atoms with E-state index in [1.807, 2.05) is 43.3 Å². The van der Waals surface area contributed by atoms with E-state index in [0.29, 0.717) is 0 Å². The lowest BCUT2D eigenvalue weighted by Crippen LogP contribution is -2.28. The van der Waals surface area contributed by atoms with Crippen molar-refractivity contribution in [1.82, 2.24) is 0 Å². The molecular weight excluding hydrogens is 280 g/mol. The maximum atomic E-state index is 12.1. The Kier molecular flexibility index (Phi) is 5.03. The van der Waals surface area contributed by atoms with Crippen molar-refractivity contribution in [1.29, 1.82) is 0 Å². The Balaban J connectivity index is 2.21. The molecule has 0 amide bonds. The topological polar surface area (TPSA) is 55.8 Å². The van der Waals surface area contributed by atoms with E-state index >= 15 is 0 Å². The second-order valence-electron chi connectivity index (χ2n) is 5.58. The molecule has 2 aromatic rings. The molecule has 118 valence electrons. The van der Waals surface area contributed by atoms with Crippen LogP contribution in [0.4, 0.5) is 0 Å². The van der Waals surface area contributed by atoms with Gasteiger partial charge in [0.25, 0.3) is 0 Å². The van der Waals surface area contributed by atoms with Gasteiger partial charge in [-0.2, -0.15) is 0 Å². The largest absolute Gasteiger partial charge is 0.497 e. The third-order valence-corrected chi connectivity index (χ3v) is 3.91. The van der Waals surface area contributed by atoms with Crippen LogP contribution in [0.3, 0.4) is 0 Å². The molecule has 0 spiro atoms. The minimum atomic E-state index is -0.680. The first kappa shape index (κ1) is 16.3. The molecule has 0 radical (unpaired) electrons. The highest BCUT2D eigenvalue weighted by molar-refractivity contribution is 5.86. The number of hydrogen-bond acceptors (Lipinski definition) is 4. The normalized spacial score (nSPS) is 15.1. The third-order valence-electron chi connectivity index (χ3n) is 3.91. The van der Waals surface area contributed by atoms with Crippen molar-refractivity contribution >= 4 is 16.7 Å². The predicted octanol–water partition coefficient (Wildman–Crippen LogP) is 3.26. The molecule has 0 aliphatic rings. The van der Waals surface area contributed by atoms with Crippen LogP contribution < -0.4 is 4.74 Å². The van der Waals surface area contributed by atoms with Crippen molar-refractivity contribution < 1.29 is 19.4 Å². The zero-order valence-corrected chi connectivity index (χ0v) is 13.4. The fourth-order valence-electron chi connectivity index (χ4n) is 2.16. The van der Waals surface area contributed by atoms with Gasteiger partial charge in [0.05, 0.1) is 19.1 Å². The smallest absolute Gasteiger partial charge is 0.313 e. The molecule has 4 heteroatoms. The summed E-state index contributed by atoms with van der Waals surface area (Å²) in [5.41, 5.74) is 0.889. The minimum Gasteiger partial charge on any atom is -0.497 e. The van der Waals surface area contributed by atoms with Crippen molar-refractivity contribution in [2.45, 2.75) is 38.9 Å². The summed E-state index contributed by atoms with van der Waals surface area (Å²) < 4.78 is 10.5. The van der Waals surface area contributed by atoms with Gasteiger partial charge < -0.3 is 14.6 Å². The number of fused-ring (bicyclic) bond motifs is 1. The maximum Gasteiger partial charge on any atom is 0.313 e. The van der Waals surface area contributed by atoms with Crippen LogP contribution in [0, 0.1) is 0 Å². The van der Waals surface area contributed by atoms with Gasteiger partial charge in [-0.15, -0.1) is 0 Å². The molecule has 22 heavy (non-hydrogen) atoms. The highest BCUT2D eigenvalue weighted by Crippen LogP contribution is 2.26. The van der Waals surface area contributed by atoms with Crippen LogP contribution in [0.15, 0.2) is 36.4 Å². The fraction of sp³-hybridized carbons (Fsp3) is 0.389. The molecule has 0 aliphatic heterocycles. The van der Waals surface area contributed by atoms with E-state index in [1.54, 1.807) is 21.0 Å². The SMILES string of the molecule is COc1ccc2cc(C(C)C(=O)OC(C)C(C)O)ccc2c1. The van der Waals surface area contributed by atoms with Crippen LogP contribution >= 0.6 is 0 Å². The first-order valence-electron chi connectivity index (χ1n) is 7.38. The van der Waals surface area contributed by atoms with Crippen molar-refractivity contribution in [3.05, 3.63) is 42.0 Å². The molecule has 0 heterocycles. The van der Waals surface area contributed by atoms with Crippen molar-refractivity contribution in [2.75, 3.05) is 7.11 Å². The number of aliphatic hydroxyl groups is 1. The maximum absolute atomic E-state index is 12.1. The summed E-state index contributed by atoms with van der Waals surface area (Å²) in [5.74, 6) is 0.0902. The van der Waals surface area contributed by atoms with E-state index in [1.165, 1.54) is 0 Å². The summed E-state index contributed by atoms with van der Waals surface area (Å²) in [6, 6.07) is 11.7. The zero-order chi connectivity index (χ0) is 16.3. The second-order valence-corrected chi connectivity index (χ2v) is 5.58. The van der Waals surface area contributed by atoms with E-state index in [0.717, 1.165) is 22.1 Å². The van der Waals surface area contributed by atoms with Gasteiger partial charge in [0.15, 0.2) is 0 Å². The lowest BCUT2D eigenvalue weighted by molar-refractivity contribution is -0.154. The van der Waals surface area contributed by atoms with Gasteiger partial charge in [-0.1, -0.05) is 24.3 Å². The Morgan fingerprint density at radius 2 is 1.68 bits per heavy atom. The van der Waals surface area contributed by atoms with E-state index < -0.39 is 12.2 Å². The lowest BCUT2D eigenvalue weighted by atomic mass is 9.97. The van der Waals surface area contributed by atoms with Gasteiger partial charge in [0.2, 0.25) is 0 Å². The molecule has 1 N–H and O–H groups in total. The number of esters is 1. The highest BCUT2D eigenvalue weighted by atomic mass is 16.6. The summed E-state index contributed by atoms with van der Waals surface area (Å²) in [7, 11) is 1.64. The quantitative estimate of drug-likeness (QED) is 0.861. The standard InChI is InChI=1S/C18H22O4/c1-11(18(20)22-13(3)12(2)19)14-5-6-16-10-17(21-4)8-7-15(16)9-14/h5-13,19H,1-4H3. The molecule has 3 unspecified atom stereocenters. The molecule has 0 aromatic heterocycles. The third kappa shape index (κ3) is 3.57. The molecular formula is C18H22O4. The summed E-state index contributed by atoms with van der Waals surface area (Å²) in [6.45, 7) is 5.09. The van der Waals surface area contributed by atoms with Crippen LogP contribution in [-0.2, 0) is 9.53 Å². The number of carbonyl (C=O) groups is 1. The second kappa shape index (κ2) is 6.79. The van der Waals surface area contributed by atoms with E-state index in [9.17, 15) is 9.90 Å². The van der Waals surface area contributed by atoms with Gasteiger partial charge in [-0.05, 0) is 49.2 Å². The average molecular weight is 302 g/mol. The Hall–Kier alpha value is -2.07. The van der Waals surface area contributed by atoms with Crippen LogP contribution in [-0.4, -0.2) is 30.4 Å². The molecule has 2 rings (SSSR count). The van der Waals surface area contributed by atoms with E-state index in [-0.39, 0.29) is 11.9 Å². The van der Waals surface area contributed by atoms with Crippen LogP contribution in [0.2, 0.25) is 0 Å². The van der Waals surface area contributed by atoms with Gasteiger partial charge >= 0.3 is 5.97 Å². The van der Waals surface area contributed by atoms with Crippen LogP contribution in [0.5, 0.6) is 5.75 Å². The molecule has 0 bridgehead atoms. The predicted molar refractivity (Wildman–Crippen MR) is 86.1 cm³/mol. The number of methoxy groups -OCH3 is 1. The summed E-state index contributed by atoms with van der Waals surface area (Å²) in [6.07, 6.45) is -1.19. The Morgan fingerprint density at radius 3 is 2.32 bits per heavy atom. The lowest BCUT2D eigenvalue weighted by Gasteiger charge is -2.19. The summed E-state index contributed by atoms with van der Waals surface area (Å²) in [4.78, 5) is 12.1. The summed E-state index contributed by atoms with van der Waals surface area (Å²) in [5, 5.41) is 11.5. The van der Waals surface area contributed by atoms with Crippen molar-refractivity contribution in [3.8, 4) is 5.75 Å². The molecule has 0 saturated heterocycles. The minimum absolute atomic E-state index is 0.332. The Labute approximate surface area is 130 Å². The monoisotopic (exact) mass is 302 g/mol. The summed E-state index contributed by atoms with van der Waals surface area (Å²) >= 11 is 0. The van der Waals surface area contributed by atoms with Crippen molar-refractivity contribution in [3.63, 3.8) is 0 Å². The number of ether oxygens (including phenoxy) is 2. The fourth-order valence-corrected chi connectivity index (χ4v) is 2.16. The molecule has 0 fully saturated rings. The molecule has 4 nitrogen and oxygen atoms in total. The Bertz CT molecular complexity index is 663. The molecule has 3 atom stereocenters. The molecule has 0 aliphatic carbocycles. The number of carbonyl (C=O) groups excluding carboxylic acids is 1. The number of aliphatic hydroxyl groups excluding tert-OH is 1. The molecule has 2 aromatic carbocycles. The van der Waals surface area contributed by atoms with E-state index in [4.69, 9.17) is 9.47 Å². The number of hydrogen-bond donors (Lipinski definition) is 1. The first-order valence-corrected chi connectivity index (χ1v) is 7.38. The zero-order valence-electron chi connectivity index (χ0n) is 13.4. The first-order chi connectivity index (χ1) is 10.4. The highest BCUT2D eigenvalue weighted by Gasteiger charge is 2.21. The van der Waals surface area contributed by atoms with Crippen LogP contribution in [0.1, 0.15) is 32.3 Å². The van der Waals surface area contributed by atoms with Gasteiger partial charge in [-0.3, -0.25) is 4.79 Å². The van der Waals surface area contributed by atoms with Gasteiger partial charge in [0, 0.05) is 0 Å². The number of rotatable bonds is 5. The van der Waals surface area contributed by atoms with Gasteiger partial charge in [0.1, 0.15) is 11.9 Å². The average Bonchev–Trinajstić information content (AvgIpc) is 2.52. The van der Waals surface area contributed by atoms with Crippen molar-refractivity contribution in [2.24, 2.45) is 0 Å². The molecule has 0 saturated carbocycles. The van der Waals surface area contributed by atoms with Gasteiger partial charge in [-0.25, -0.2) is 0 Å².